The molecule has 2 amide bonds. The van der Waals surface area contributed by atoms with Crippen LogP contribution in [0.25, 0.3) is 0 Å². The van der Waals surface area contributed by atoms with Crippen LogP contribution in [0.4, 0.5) is 0 Å². The largest absolute Gasteiger partial charge is 0.353 e. The number of hydrogen-bond acceptors (Lipinski definition) is 4. The molecule has 2 fully saturated rings. The van der Waals surface area contributed by atoms with E-state index in [1.807, 2.05) is 0 Å². The lowest BCUT2D eigenvalue weighted by molar-refractivity contribution is -0.127. The van der Waals surface area contributed by atoms with E-state index in [2.05, 4.69) is 10.3 Å². The van der Waals surface area contributed by atoms with Gasteiger partial charge in [-0.2, -0.15) is 0 Å². The number of pyridine rings is 1. The summed E-state index contributed by atoms with van der Waals surface area (Å²) in [6, 6.07) is 3.64. The van der Waals surface area contributed by atoms with Crippen LogP contribution in [0, 0.1) is 11.8 Å². The lowest BCUT2D eigenvalue weighted by atomic mass is 9.84. The molecule has 0 radical (unpaired) electrons. The Hall–Kier alpha value is -1.95. The lowest BCUT2D eigenvalue weighted by Gasteiger charge is -2.35. The van der Waals surface area contributed by atoms with Crippen molar-refractivity contribution in [3.8, 4) is 0 Å². The summed E-state index contributed by atoms with van der Waals surface area (Å²) in [5.41, 5.74) is 6.50. The summed E-state index contributed by atoms with van der Waals surface area (Å²) in [5.74, 6) is 0.325. The van der Waals surface area contributed by atoms with Crippen LogP contribution in [0.3, 0.4) is 0 Å². The molecule has 3 rings (SSSR count). The van der Waals surface area contributed by atoms with Crippen molar-refractivity contribution in [3.63, 3.8) is 0 Å². The van der Waals surface area contributed by atoms with Crippen molar-refractivity contribution >= 4 is 11.8 Å². The zero-order valence-electron chi connectivity index (χ0n) is 14.7. The van der Waals surface area contributed by atoms with Crippen molar-refractivity contribution in [1.82, 2.24) is 15.2 Å². The Balaban J connectivity index is 1.59. The van der Waals surface area contributed by atoms with E-state index in [4.69, 9.17) is 5.73 Å². The van der Waals surface area contributed by atoms with E-state index in [0.717, 1.165) is 32.1 Å². The number of hydrogen-bond donors (Lipinski definition) is 2. The van der Waals surface area contributed by atoms with Crippen LogP contribution < -0.4 is 11.1 Å². The van der Waals surface area contributed by atoms with Crippen molar-refractivity contribution in [1.29, 1.82) is 0 Å². The van der Waals surface area contributed by atoms with Gasteiger partial charge in [-0.15, -0.1) is 0 Å². The van der Waals surface area contributed by atoms with Gasteiger partial charge < -0.3 is 16.0 Å². The lowest BCUT2D eigenvalue weighted by Crippen LogP contribution is -2.50. The van der Waals surface area contributed by atoms with Crippen LogP contribution in [0.2, 0.25) is 0 Å². The molecule has 3 N–H and O–H groups in total. The number of likely N-dealkylation sites (tertiary alicyclic amines) is 1. The Bertz CT molecular complexity index is 592. The van der Waals surface area contributed by atoms with Crippen LogP contribution >= 0.6 is 0 Å². The maximum Gasteiger partial charge on any atom is 0.253 e. The first-order chi connectivity index (χ1) is 12.2. The second-order valence-corrected chi connectivity index (χ2v) is 7.22. The molecule has 0 spiro atoms. The van der Waals surface area contributed by atoms with Gasteiger partial charge in [0.05, 0.1) is 5.92 Å². The normalized spacial score (nSPS) is 26.9. The minimum absolute atomic E-state index is 0.0163. The van der Waals surface area contributed by atoms with Crippen LogP contribution in [0.5, 0.6) is 0 Å². The second kappa shape index (κ2) is 8.43. The van der Waals surface area contributed by atoms with Gasteiger partial charge in [0, 0.05) is 37.1 Å². The summed E-state index contributed by atoms with van der Waals surface area (Å²) < 4.78 is 0. The molecule has 1 saturated heterocycles. The van der Waals surface area contributed by atoms with E-state index in [9.17, 15) is 9.59 Å². The highest BCUT2D eigenvalue weighted by atomic mass is 16.2. The van der Waals surface area contributed by atoms with Crippen molar-refractivity contribution in [2.75, 3.05) is 19.6 Å². The van der Waals surface area contributed by atoms with Crippen molar-refractivity contribution in [2.24, 2.45) is 17.6 Å². The van der Waals surface area contributed by atoms with Crippen LogP contribution in [-0.2, 0) is 4.79 Å². The van der Waals surface area contributed by atoms with Gasteiger partial charge in [0.15, 0.2) is 0 Å². The van der Waals surface area contributed by atoms with E-state index in [0.29, 0.717) is 31.1 Å². The number of carbonyl (C=O) groups excluding carboxylic acids is 2. The van der Waals surface area contributed by atoms with E-state index in [-0.39, 0.29) is 23.8 Å². The Morgan fingerprint density at radius 3 is 2.68 bits per heavy atom. The standard InChI is InChI=1S/C19H28N4O2/c20-12-15-4-1-2-6-17(15)22-18(24)16-5-3-11-23(13-16)19(25)14-7-9-21-10-8-14/h7-10,15-17H,1-6,11-13,20H2,(H,22,24). The molecule has 1 aliphatic carbocycles. The molecule has 2 heterocycles. The summed E-state index contributed by atoms with van der Waals surface area (Å²) in [7, 11) is 0. The zero-order chi connectivity index (χ0) is 17.6. The van der Waals surface area contributed by atoms with Crippen LogP contribution in [-0.4, -0.2) is 47.4 Å². The summed E-state index contributed by atoms with van der Waals surface area (Å²) in [5, 5.41) is 3.22. The number of nitrogens with two attached hydrogens (primary N) is 1. The number of nitrogens with zero attached hydrogens (tertiary/aromatic N) is 2. The van der Waals surface area contributed by atoms with E-state index >= 15 is 0 Å². The summed E-state index contributed by atoms with van der Waals surface area (Å²) >= 11 is 0. The molecule has 136 valence electrons. The highest BCUT2D eigenvalue weighted by Crippen LogP contribution is 2.25. The van der Waals surface area contributed by atoms with Crippen molar-refractivity contribution in [2.45, 2.75) is 44.6 Å². The number of amides is 2. The minimum atomic E-state index is -0.125. The summed E-state index contributed by atoms with van der Waals surface area (Å²) in [6.45, 7) is 1.83. The fourth-order valence-electron chi connectivity index (χ4n) is 4.03. The fraction of sp³-hybridized carbons (Fsp3) is 0.632. The smallest absolute Gasteiger partial charge is 0.253 e. The van der Waals surface area contributed by atoms with Gasteiger partial charge >= 0.3 is 0 Å². The van der Waals surface area contributed by atoms with Gasteiger partial charge in [-0.25, -0.2) is 0 Å². The average Bonchev–Trinajstić information content (AvgIpc) is 2.68. The number of nitrogens with one attached hydrogen (secondary N) is 1. The van der Waals surface area contributed by atoms with Crippen molar-refractivity contribution in [3.05, 3.63) is 30.1 Å². The zero-order valence-corrected chi connectivity index (χ0v) is 14.7. The Labute approximate surface area is 149 Å². The Morgan fingerprint density at radius 1 is 1.16 bits per heavy atom. The average molecular weight is 344 g/mol. The molecule has 1 aromatic heterocycles. The third-order valence-corrected chi connectivity index (χ3v) is 5.55. The van der Waals surface area contributed by atoms with Gasteiger partial charge in [0.25, 0.3) is 5.91 Å². The monoisotopic (exact) mass is 344 g/mol. The van der Waals surface area contributed by atoms with Gasteiger partial charge in [-0.3, -0.25) is 14.6 Å². The number of rotatable bonds is 4. The second-order valence-electron chi connectivity index (χ2n) is 7.22. The molecule has 1 aliphatic heterocycles. The predicted molar refractivity (Wildman–Crippen MR) is 95.8 cm³/mol. The van der Waals surface area contributed by atoms with Crippen molar-refractivity contribution < 1.29 is 9.59 Å². The quantitative estimate of drug-likeness (QED) is 0.868. The predicted octanol–water partition coefficient (Wildman–Crippen LogP) is 1.57. The molecule has 3 unspecified atom stereocenters. The number of carbonyl (C=O) groups is 2. The van der Waals surface area contributed by atoms with Crippen LogP contribution in [0.15, 0.2) is 24.5 Å². The molecular formula is C19H28N4O2. The molecule has 0 aromatic carbocycles. The maximum atomic E-state index is 12.7. The van der Waals surface area contributed by atoms with E-state index in [1.165, 1.54) is 6.42 Å². The summed E-state index contributed by atoms with van der Waals surface area (Å²) in [6.07, 6.45) is 9.41. The number of aromatic nitrogens is 1. The van der Waals surface area contributed by atoms with Gasteiger partial charge in [-0.1, -0.05) is 12.8 Å². The summed E-state index contributed by atoms with van der Waals surface area (Å²) in [4.78, 5) is 31.1. The molecule has 1 aromatic rings. The molecule has 25 heavy (non-hydrogen) atoms. The molecule has 0 bridgehead atoms. The SMILES string of the molecule is NCC1CCCCC1NC(=O)C1CCCN(C(=O)c2ccncc2)C1. The first kappa shape index (κ1) is 17.9. The molecular weight excluding hydrogens is 316 g/mol. The minimum Gasteiger partial charge on any atom is -0.353 e. The van der Waals surface area contributed by atoms with E-state index in [1.54, 1.807) is 29.4 Å². The first-order valence-electron chi connectivity index (χ1n) is 9.38. The maximum absolute atomic E-state index is 12.7. The highest BCUT2D eigenvalue weighted by Gasteiger charge is 2.32. The molecule has 3 atom stereocenters. The topological polar surface area (TPSA) is 88.3 Å². The van der Waals surface area contributed by atoms with Gasteiger partial charge in [0.1, 0.15) is 0 Å². The Morgan fingerprint density at radius 2 is 1.92 bits per heavy atom. The van der Waals surface area contributed by atoms with Gasteiger partial charge in [-0.05, 0) is 50.3 Å². The molecule has 6 nitrogen and oxygen atoms in total. The highest BCUT2D eigenvalue weighted by molar-refractivity contribution is 5.94. The number of piperidine rings is 1. The molecule has 1 saturated carbocycles. The first-order valence-corrected chi connectivity index (χ1v) is 9.38. The third-order valence-electron chi connectivity index (χ3n) is 5.55. The van der Waals surface area contributed by atoms with Gasteiger partial charge in [0.2, 0.25) is 5.91 Å². The fourth-order valence-corrected chi connectivity index (χ4v) is 4.03. The molecule has 6 heteroatoms. The molecule has 2 aliphatic rings. The Kier molecular flexibility index (Phi) is 6.02. The third kappa shape index (κ3) is 4.37. The van der Waals surface area contributed by atoms with Crippen LogP contribution in [0.1, 0.15) is 48.9 Å². The van der Waals surface area contributed by atoms with E-state index < -0.39 is 0 Å².